The molecule has 2 aromatic carbocycles. The van der Waals surface area contributed by atoms with Crippen molar-refractivity contribution >= 4 is 11.5 Å². The van der Waals surface area contributed by atoms with Crippen LogP contribution >= 0.6 is 0 Å². The number of aromatic nitrogens is 3. The van der Waals surface area contributed by atoms with E-state index in [9.17, 15) is 9.90 Å². The SMILES string of the molecule is COc1cc(-c2cnc(N)c(-c3ccc(NC(O)c4cn(CC5CCOCC5)cc(-c5ccc(C)cn5)c4=O)cc3)c2)ccc1OC[C@H]1COCCO1. The Balaban J connectivity index is 1.09. The van der Waals surface area contributed by atoms with Crippen LogP contribution in [0.4, 0.5) is 11.5 Å². The molecule has 3 aromatic heterocycles. The Hall–Kier alpha value is -5.27. The molecule has 5 aromatic rings. The van der Waals surface area contributed by atoms with Gasteiger partial charge in [-0.3, -0.25) is 9.78 Å². The van der Waals surface area contributed by atoms with Gasteiger partial charge in [0.05, 0.1) is 43.8 Å². The highest BCUT2D eigenvalue weighted by atomic mass is 16.6. The molecule has 12 heteroatoms. The summed E-state index contributed by atoms with van der Waals surface area (Å²) in [4.78, 5) is 22.8. The number of nitrogens with zero attached hydrogens (tertiary/aromatic N) is 3. The van der Waals surface area contributed by atoms with E-state index in [1.54, 1.807) is 25.7 Å². The standard InChI is InChI=1S/C41H45N5O7/c1-26-3-9-36(43-19-26)34-22-46(21-27-11-13-50-14-12-27)23-35(39(34)47)41(48)45-31-7-4-28(5-8-31)33-17-30(20-44-40(33)42)29-6-10-37(38(18-29)49-2)53-25-32-24-51-15-16-52-32/h3-10,17-20,22-23,27,32,41,45,48H,11-16,21,24-25H2,1-2H3,(H2,42,44)/t32-,41?/m1/s1. The molecular formula is C41H45N5O7. The normalized spacial score (nSPS) is 16.9. The molecule has 276 valence electrons. The van der Waals surface area contributed by atoms with E-state index in [1.807, 2.05) is 78.4 Å². The minimum atomic E-state index is -1.26. The lowest BCUT2D eigenvalue weighted by Crippen LogP contribution is -2.33. The molecule has 0 spiro atoms. The van der Waals surface area contributed by atoms with Crippen LogP contribution in [-0.2, 0) is 20.8 Å². The first-order chi connectivity index (χ1) is 25.8. The number of aryl methyl sites for hydroxylation is 1. The van der Waals surface area contributed by atoms with Gasteiger partial charge in [-0.1, -0.05) is 24.3 Å². The van der Waals surface area contributed by atoms with Gasteiger partial charge in [-0.05, 0) is 78.8 Å². The van der Waals surface area contributed by atoms with E-state index in [-0.39, 0.29) is 17.1 Å². The maximum Gasteiger partial charge on any atom is 0.198 e. The molecule has 2 aliphatic rings. The highest BCUT2D eigenvalue weighted by Crippen LogP contribution is 2.36. The minimum absolute atomic E-state index is 0.127. The number of hydrogen-bond acceptors (Lipinski definition) is 11. The van der Waals surface area contributed by atoms with Gasteiger partial charge in [0.2, 0.25) is 0 Å². The first-order valence-electron chi connectivity index (χ1n) is 17.9. The molecule has 2 fully saturated rings. The number of anilines is 2. The van der Waals surface area contributed by atoms with Crippen LogP contribution in [0, 0.1) is 12.8 Å². The maximum atomic E-state index is 13.8. The van der Waals surface area contributed by atoms with Gasteiger partial charge in [0.1, 0.15) is 18.5 Å². The van der Waals surface area contributed by atoms with Crippen molar-refractivity contribution in [3.63, 3.8) is 0 Å². The van der Waals surface area contributed by atoms with Gasteiger partial charge in [0.15, 0.2) is 23.2 Å². The Morgan fingerprint density at radius 3 is 2.45 bits per heavy atom. The topological polar surface area (TPSA) is 152 Å². The summed E-state index contributed by atoms with van der Waals surface area (Å²) >= 11 is 0. The van der Waals surface area contributed by atoms with E-state index >= 15 is 0 Å². The first kappa shape index (κ1) is 36.1. The van der Waals surface area contributed by atoms with E-state index < -0.39 is 6.23 Å². The van der Waals surface area contributed by atoms with E-state index in [0.717, 1.165) is 53.9 Å². The fourth-order valence-corrected chi connectivity index (χ4v) is 6.62. The van der Waals surface area contributed by atoms with Crippen LogP contribution in [0.25, 0.3) is 33.5 Å². The molecule has 4 N–H and O–H groups in total. The number of hydrogen-bond donors (Lipinski definition) is 3. The average Bonchev–Trinajstić information content (AvgIpc) is 3.19. The van der Waals surface area contributed by atoms with Crippen LogP contribution in [-0.4, -0.2) is 72.5 Å². The Kier molecular flexibility index (Phi) is 11.3. The molecule has 12 nitrogen and oxygen atoms in total. The second-order valence-electron chi connectivity index (χ2n) is 13.5. The number of aliphatic hydroxyl groups excluding tert-OH is 1. The van der Waals surface area contributed by atoms with Gasteiger partial charge in [0.25, 0.3) is 0 Å². The van der Waals surface area contributed by atoms with Gasteiger partial charge in [-0.2, -0.15) is 0 Å². The van der Waals surface area contributed by atoms with Gasteiger partial charge in [-0.15, -0.1) is 0 Å². The van der Waals surface area contributed by atoms with Crippen molar-refractivity contribution in [3.8, 4) is 45.0 Å². The third-order valence-corrected chi connectivity index (χ3v) is 9.62. The summed E-state index contributed by atoms with van der Waals surface area (Å²) in [5.41, 5.74) is 12.3. The number of ether oxygens (including phenoxy) is 5. The maximum absolute atomic E-state index is 13.8. The highest BCUT2D eigenvalue weighted by Gasteiger charge is 2.21. The van der Waals surface area contributed by atoms with Gasteiger partial charge in [-0.25, -0.2) is 4.98 Å². The second-order valence-corrected chi connectivity index (χ2v) is 13.5. The number of nitrogens with one attached hydrogen (secondary N) is 1. The summed E-state index contributed by atoms with van der Waals surface area (Å²) in [5, 5.41) is 14.5. The van der Waals surface area contributed by atoms with Crippen molar-refractivity contribution in [2.75, 3.05) is 57.8 Å². The quantitative estimate of drug-likeness (QED) is 0.133. The van der Waals surface area contributed by atoms with Crippen molar-refractivity contribution in [1.82, 2.24) is 14.5 Å². The van der Waals surface area contributed by atoms with Crippen LogP contribution in [0.3, 0.4) is 0 Å². The van der Waals surface area contributed by atoms with Crippen LogP contribution in [0.1, 0.15) is 30.2 Å². The lowest BCUT2D eigenvalue weighted by molar-refractivity contribution is -0.101. The zero-order valence-corrected chi connectivity index (χ0v) is 30.0. The molecule has 2 saturated heterocycles. The monoisotopic (exact) mass is 719 g/mol. The Morgan fingerprint density at radius 1 is 0.906 bits per heavy atom. The van der Waals surface area contributed by atoms with Crippen LogP contribution in [0.2, 0.25) is 0 Å². The molecule has 1 unspecified atom stereocenters. The number of nitrogen functional groups attached to an aromatic ring is 1. The number of benzene rings is 2. The first-order valence-corrected chi connectivity index (χ1v) is 17.9. The molecule has 0 radical (unpaired) electrons. The molecular weight excluding hydrogens is 674 g/mol. The molecule has 53 heavy (non-hydrogen) atoms. The summed E-state index contributed by atoms with van der Waals surface area (Å²) in [7, 11) is 1.60. The molecule has 2 atom stereocenters. The summed E-state index contributed by atoms with van der Waals surface area (Å²) < 4.78 is 30.3. The zero-order chi connectivity index (χ0) is 36.7. The Bertz CT molecular complexity index is 2060. The van der Waals surface area contributed by atoms with Crippen molar-refractivity contribution in [3.05, 3.63) is 107 Å². The summed E-state index contributed by atoms with van der Waals surface area (Å²) in [5.74, 6) is 1.98. The molecule has 0 bridgehead atoms. The van der Waals surface area contributed by atoms with E-state index in [4.69, 9.17) is 29.4 Å². The van der Waals surface area contributed by atoms with Crippen molar-refractivity contribution in [1.29, 1.82) is 0 Å². The fraction of sp³-hybridized carbons (Fsp3) is 0.341. The zero-order valence-electron chi connectivity index (χ0n) is 30.0. The molecule has 0 saturated carbocycles. The highest BCUT2D eigenvalue weighted by molar-refractivity contribution is 5.80. The van der Waals surface area contributed by atoms with Gasteiger partial charge in [0, 0.05) is 61.4 Å². The van der Waals surface area contributed by atoms with Crippen LogP contribution in [0.15, 0.2) is 90.2 Å². The summed E-state index contributed by atoms with van der Waals surface area (Å²) in [6, 6.07) is 18.9. The van der Waals surface area contributed by atoms with Crippen molar-refractivity contribution < 1.29 is 28.8 Å². The smallest absolute Gasteiger partial charge is 0.198 e. The third-order valence-electron chi connectivity index (χ3n) is 9.62. The molecule has 0 amide bonds. The Morgan fingerprint density at radius 2 is 1.72 bits per heavy atom. The predicted octanol–water partition coefficient (Wildman–Crippen LogP) is 5.86. The summed E-state index contributed by atoms with van der Waals surface area (Å²) in [6.07, 6.45) is 7.55. The van der Waals surface area contributed by atoms with E-state index in [1.165, 1.54) is 0 Å². The molecule has 5 heterocycles. The van der Waals surface area contributed by atoms with E-state index in [0.29, 0.717) is 73.2 Å². The van der Waals surface area contributed by atoms with Crippen LogP contribution < -0.4 is 26.0 Å². The second kappa shape index (κ2) is 16.6. The molecule has 7 rings (SSSR count). The number of aliphatic hydroxyl groups is 1. The van der Waals surface area contributed by atoms with Gasteiger partial charge >= 0.3 is 0 Å². The molecule has 2 aliphatic heterocycles. The van der Waals surface area contributed by atoms with Gasteiger partial charge < -0.3 is 44.4 Å². The minimum Gasteiger partial charge on any atom is -0.493 e. The summed E-state index contributed by atoms with van der Waals surface area (Å²) in [6.45, 7) is 6.12. The third kappa shape index (κ3) is 8.69. The Labute approximate surface area is 308 Å². The lowest BCUT2D eigenvalue weighted by Gasteiger charge is -2.24. The number of rotatable bonds is 12. The van der Waals surface area contributed by atoms with Crippen LogP contribution in [0.5, 0.6) is 11.5 Å². The number of pyridine rings is 3. The average molecular weight is 720 g/mol. The van der Waals surface area contributed by atoms with Crippen molar-refractivity contribution in [2.45, 2.75) is 38.6 Å². The fourth-order valence-electron chi connectivity index (χ4n) is 6.62. The lowest BCUT2D eigenvalue weighted by atomic mass is 9.99. The number of nitrogens with two attached hydrogens (primary N) is 1. The van der Waals surface area contributed by atoms with E-state index in [2.05, 4.69) is 15.3 Å². The molecule has 0 aliphatic carbocycles. The number of methoxy groups -OCH3 is 1. The van der Waals surface area contributed by atoms with Crippen molar-refractivity contribution in [2.24, 2.45) is 5.92 Å². The largest absolute Gasteiger partial charge is 0.493 e. The predicted molar refractivity (Wildman–Crippen MR) is 203 cm³/mol.